The van der Waals surface area contributed by atoms with Crippen LogP contribution >= 0.6 is 27.5 Å². The molecule has 0 amide bonds. The lowest BCUT2D eigenvalue weighted by Crippen LogP contribution is -2.27. The summed E-state index contributed by atoms with van der Waals surface area (Å²) in [4.78, 5) is 4.86. The molecule has 27 heavy (non-hydrogen) atoms. The van der Waals surface area contributed by atoms with Gasteiger partial charge in [-0.05, 0) is 53.9 Å². The molecule has 3 aromatic carbocycles. The number of benzene rings is 3. The van der Waals surface area contributed by atoms with E-state index in [1.807, 2.05) is 18.2 Å². The van der Waals surface area contributed by atoms with E-state index in [2.05, 4.69) is 80.4 Å². The minimum atomic E-state index is 0.194. The normalized spacial score (nSPS) is 18.9. The topological polar surface area (TPSA) is 29.9 Å². The Hall–Kier alpha value is -2.30. The van der Waals surface area contributed by atoms with E-state index in [1.54, 1.807) is 0 Å². The van der Waals surface area contributed by atoms with Crippen molar-refractivity contribution in [2.75, 3.05) is 5.32 Å². The van der Waals surface area contributed by atoms with Gasteiger partial charge in [0, 0.05) is 9.50 Å². The van der Waals surface area contributed by atoms with E-state index in [9.17, 15) is 0 Å². The molecule has 5 heteroatoms. The van der Waals surface area contributed by atoms with Gasteiger partial charge in [-0.25, -0.2) is 4.98 Å². The molecule has 0 saturated heterocycles. The molecule has 1 N–H and O–H groups in total. The van der Waals surface area contributed by atoms with Crippen molar-refractivity contribution in [3.05, 3.63) is 93.4 Å². The van der Waals surface area contributed by atoms with Crippen molar-refractivity contribution < 1.29 is 0 Å². The summed E-state index contributed by atoms with van der Waals surface area (Å²) in [5.41, 5.74) is 4.66. The van der Waals surface area contributed by atoms with Crippen LogP contribution in [0.25, 0.3) is 11.0 Å². The van der Waals surface area contributed by atoms with Crippen LogP contribution in [-0.4, -0.2) is 9.55 Å². The lowest BCUT2D eigenvalue weighted by molar-refractivity contribution is 0.477. The Bertz CT molecular complexity index is 1100. The highest BCUT2D eigenvalue weighted by atomic mass is 79.9. The molecule has 1 aliphatic heterocycles. The first kappa shape index (κ1) is 16.8. The molecule has 0 bridgehead atoms. The predicted octanol–water partition coefficient (Wildman–Crippen LogP) is 6.60. The van der Waals surface area contributed by atoms with Crippen LogP contribution in [0.3, 0.4) is 0 Å². The van der Waals surface area contributed by atoms with Crippen LogP contribution < -0.4 is 5.32 Å². The Morgan fingerprint density at radius 2 is 1.63 bits per heavy atom. The van der Waals surface area contributed by atoms with Crippen molar-refractivity contribution in [1.82, 2.24) is 9.55 Å². The third-order valence-electron chi connectivity index (χ3n) is 5.20. The van der Waals surface area contributed by atoms with Crippen LogP contribution in [0.2, 0.25) is 5.02 Å². The van der Waals surface area contributed by atoms with E-state index in [0.29, 0.717) is 0 Å². The van der Waals surface area contributed by atoms with Gasteiger partial charge in [0.25, 0.3) is 0 Å². The summed E-state index contributed by atoms with van der Waals surface area (Å²) in [7, 11) is 0. The van der Waals surface area contributed by atoms with Crippen LogP contribution in [-0.2, 0) is 0 Å². The number of aromatic nitrogens is 2. The molecule has 0 fully saturated rings. The summed E-state index contributed by atoms with van der Waals surface area (Å²) in [5.74, 6) is 0.912. The van der Waals surface area contributed by atoms with Crippen LogP contribution in [0.15, 0.2) is 77.3 Å². The number of nitrogens with zero attached hydrogens (tertiary/aromatic N) is 2. The third kappa shape index (κ3) is 3.03. The van der Waals surface area contributed by atoms with Gasteiger partial charge in [0.05, 0.1) is 23.1 Å². The third-order valence-corrected chi connectivity index (χ3v) is 5.98. The average Bonchev–Trinajstić information content (AvgIpc) is 3.07. The van der Waals surface area contributed by atoms with Gasteiger partial charge >= 0.3 is 0 Å². The predicted molar refractivity (Wildman–Crippen MR) is 114 cm³/mol. The molecule has 0 spiro atoms. The number of imidazole rings is 1. The van der Waals surface area contributed by atoms with Crippen molar-refractivity contribution in [2.45, 2.75) is 18.5 Å². The molecule has 0 unspecified atom stereocenters. The number of hydrogen-bond donors (Lipinski definition) is 1. The zero-order valence-electron chi connectivity index (χ0n) is 14.4. The quantitative estimate of drug-likeness (QED) is 0.382. The molecule has 0 saturated carbocycles. The van der Waals surface area contributed by atoms with E-state index in [0.717, 1.165) is 32.9 Å². The van der Waals surface area contributed by atoms with Gasteiger partial charge in [-0.2, -0.15) is 0 Å². The zero-order valence-corrected chi connectivity index (χ0v) is 16.8. The lowest BCUT2D eigenvalue weighted by Gasteiger charge is -2.33. The standard InChI is InChI=1S/C22H17BrClN3/c23-16-9-5-14(6-10-16)19-13-21(15-7-11-17(24)12-8-15)27-20-4-2-1-3-18(20)25-22(27)26-19/h1-12,19,21H,13H2,(H,25,26)/t19-,21+/m0/s1. The van der Waals surface area contributed by atoms with E-state index >= 15 is 0 Å². The number of fused-ring (bicyclic) bond motifs is 3. The van der Waals surface area contributed by atoms with E-state index in [-0.39, 0.29) is 12.1 Å². The van der Waals surface area contributed by atoms with Gasteiger partial charge in [0.15, 0.2) is 0 Å². The molecule has 1 aliphatic rings. The Morgan fingerprint density at radius 3 is 2.41 bits per heavy atom. The molecule has 3 nitrogen and oxygen atoms in total. The first-order chi connectivity index (χ1) is 13.2. The minimum Gasteiger partial charge on any atom is -0.349 e. The number of hydrogen-bond acceptors (Lipinski definition) is 2. The number of nitrogens with one attached hydrogen (secondary N) is 1. The fourth-order valence-electron chi connectivity index (χ4n) is 3.89. The number of para-hydroxylation sites is 2. The number of anilines is 1. The van der Waals surface area contributed by atoms with Crippen molar-refractivity contribution in [1.29, 1.82) is 0 Å². The number of halogens is 2. The summed E-state index contributed by atoms with van der Waals surface area (Å²) in [6, 6.07) is 25.4. The average molecular weight is 439 g/mol. The molecule has 0 radical (unpaired) electrons. The van der Waals surface area contributed by atoms with Crippen molar-refractivity contribution in [3.63, 3.8) is 0 Å². The first-order valence-electron chi connectivity index (χ1n) is 8.93. The molecule has 2 atom stereocenters. The zero-order chi connectivity index (χ0) is 18.4. The van der Waals surface area contributed by atoms with E-state index in [1.165, 1.54) is 11.1 Å². The van der Waals surface area contributed by atoms with Gasteiger partial charge in [0.1, 0.15) is 0 Å². The maximum Gasteiger partial charge on any atom is 0.204 e. The summed E-state index contributed by atoms with van der Waals surface area (Å²) in [6.45, 7) is 0. The summed E-state index contributed by atoms with van der Waals surface area (Å²) in [6.07, 6.45) is 0.941. The SMILES string of the molecule is Clc1ccc([C@H]2C[C@@H](c3ccc(Br)cc3)Nc3nc4ccccc4n32)cc1. The summed E-state index contributed by atoms with van der Waals surface area (Å²) < 4.78 is 3.40. The highest BCUT2D eigenvalue weighted by Crippen LogP contribution is 2.41. The molecule has 5 rings (SSSR count). The molecule has 1 aromatic heterocycles. The van der Waals surface area contributed by atoms with Gasteiger partial charge in [-0.1, -0.05) is 63.9 Å². The second kappa shape index (κ2) is 6.70. The summed E-state index contributed by atoms with van der Waals surface area (Å²) >= 11 is 9.65. The van der Waals surface area contributed by atoms with Crippen LogP contribution in [0, 0.1) is 0 Å². The van der Waals surface area contributed by atoms with Crippen molar-refractivity contribution >= 4 is 44.5 Å². The summed E-state index contributed by atoms with van der Waals surface area (Å²) in [5, 5.41) is 4.40. The molecule has 2 heterocycles. The van der Waals surface area contributed by atoms with Gasteiger partial charge in [0.2, 0.25) is 5.95 Å². The van der Waals surface area contributed by atoms with E-state index in [4.69, 9.17) is 16.6 Å². The Morgan fingerprint density at radius 1 is 0.926 bits per heavy atom. The molecular weight excluding hydrogens is 422 g/mol. The number of rotatable bonds is 2. The Kier molecular flexibility index (Phi) is 4.18. The Labute approximate surface area is 171 Å². The van der Waals surface area contributed by atoms with Gasteiger partial charge < -0.3 is 9.88 Å². The maximum atomic E-state index is 6.13. The maximum absolute atomic E-state index is 6.13. The highest BCUT2D eigenvalue weighted by molar-refractivity contribution is 9.10. The fourth-order valence-corrected chi connectivity index (χ4v) is 4.28. The molecule has 4 aromatic rings. The first-order valence-corrected chi connectivity index (χ1v) is 10.1. The van der Waals surface area contributed by atoms with Crippen molar-refractivity contribution in [2.24, 2.45) is 0 Å². The molecule has 134 valence electrons. The smallest absolute Gasteiger partial charge is 0.204 e. The fraction of sp³-hybridized carbons (Fsp3) is 0.136. The second-order valence-electron chi connectivity index (χ2n) is 6.85. The van der Waals surface area contributed by atoms with Crippen LogP contribution in [0.5, 0.6) is 0 Å². The molecular formula is C22H17BrClN3. The van der Waals surface area contributed by atoms with Crippen molar-refractivity contribution in [3.8, 4) is 0 Å². The molecule has 0 aliphatic carbocycles. The second-order valence-corrected chi connectivity index (χ2v) is 8.20. The van der Waals surface area contributed by atoms with Gasteiger partial charge in [-0.15, -0.1) is 0 Å². The van der Waals surface area contributed by atoms with E-state index < -0.39 is 0 Å². The van der Waals surface area contributed by atoms with Crippen LogP contribution in [0.4, 0.5) is 5.95 Å². The Balaban J connectivity index is 1.65. The monoisotopic (exact) mass is 437 g/mol. The lowest BCUT2D eigenvalue weighted by atomic mass is 9.93. The highest BCUT2D eigenvalue weighted by Gasteiger charge is 2.30. The largest absolute Gasteiger partial charge is 0.349 e. The van der Waals surface area contributed by atoms with Gasteiger partial charge in [-0.3, -0.25) is 0 Å². The minimum absolute atomic E-state index is 0.194. The van der Waals surface area contributed by atoms with Crippen LogP contribution in [0.1, 0.15) is 29.6 Å².